The largest absolute Gasteiger partial charge is 0.457 e. The van der Waals surface area contributed by atoms with Crippen LogP contribution >= 0.6 is 0 Å². The molecule has 0 radical (unpaired) electrons. The van der Waals surface area contributed by atoms with Gasteiger partial charge in [0.05, 0.1) is 5.41 Å². The van der Waals surface area contributed by atoms with Crippen molar-refractivity contribution < 1.29 is 4.74 Å². The molecule has 0 fully saturated rings. The van der Waals surface area contributed by atoms with Gasteiger partial charge in [-0.2, -0.15) is 0 Å². The molecule has 4 atom stereocenters. The van der Waals surface area contributed by atoms with Crippen LogP contribution in [-0.4, -0.2) is 0 Å². The third-order valence-electron chi connectivity index (χ3n) is 15.4. The molecule has 0 amide bonds. The summed E-state index contributed by atoms with van der Waals surface area (Å²) in [4.78, 5) is 2.39. The van der Waals surface area contributed by atoms with E-state index in [1.807, 2.05) is 0 Å². The SMILES string of the molecule is C=CC[C@H](CCCC)[C@@H](C)CC(c1ccc(Oc2ccc(C3(c4ccc(C(C)(C)C)cc4)c4ccccc4-c4ccc(N(c5ccccc5)c5ccc(-c6ccccc6)cc5)cc43)cc2)cc1)C(C)(C)C. The molecule has 0 saturated carbocycles. The lowest BCUT2D eigenvalue weighted by atomic mass is 9.67. The third-order valence-corrected chi connectivity index (χ3v) is 15.4. The van der Waals surface area contributed by atoms with Crippen molar-refractivity contribution in [2.24, 2.45) is 17.3 Å². The van der Waals surface area contributed by atoms with Crippen LogP contribution in [-0.2, 0) is 10.8 Å². The molecule has 0 heterocycles. The molecule has 0 aromatic heterocycles. The van der Waals surface area contributed by atoms with Crippen LogP contribution in [0.25, 0.3) is 22.3 Å². The van der Waals surface area contributed by atoms with E-state index in [1.54, 1.807) is 0 Å². The minimum Gasteiger partial charge on any atom is -0.457 e. The van der Waals surface area contributed by atoms with Gasteiger partial charge in [-0.15, -0.1) is 6.58 Å². The summed E-state index contributed by atoms with van der Waals surface area (Å²) in [6, 6.07) is 73.8. The van der Waals surface area contributed by atoms with E-state index in [4.69, 9.17) is 4.74 Å². The van der Waals surface area contributed by atoms with E-state index in [0.29, 0.717) is 17.8 Å². The fraction of sp³-hybridized carbons (Fsp3) is 0.275. The molecule has 71 heavy (non-hydrogen) atoms. The molecule has 0 N–H and O–H groups in total. The van der Waals surface area contributed by atoms with Crippen LogP contribution in [0.5, 0.6) is 11.5 Å². The molecule has 2 nitrogen and oxygen atoms in total. The summed E-state index contributed by atoms with van der Waals surface area (Å²) in [5.41, 5.74) is 15.4. The molecule has 1 aliphatic rings. The van der Waals surface area contributed by atoms with Crippen molar-refractivity contribution in [3.05, 3.63) is 246 Å². The van der Waals surface area contributed by atoms with Crippen molar-refractivity contribution in [3.63, 3.8) is 0 Å². The van der Waals surface area contributed by atoms with Crippen molar-refractivity contribution >= 4 is 17.1 Å². The van der Waals surface area contributed by atoms with Gasteiger partial charge in [-0.3, -0.25) is 0 Å². The average Bonchev–Trinajstić information content (AvgIpc) is 3.68. The van der Waals surface area contributed by atoms with Gasteiger partial charge >= 0.3 is 0 Å². The number of unbranched alkanes of at least 4 members (excludes halogenated alkanes) is 1. The van der Waals surface area contributed by atoms with E-state index in [-0.39, 0.29) is 10.8 Å². The molecule has 0 spiro atoms. The number of nitrogens with zero attached hydrogens (tertiary/aromatic N) is 1. The summed E-state index contributed by atoms with van der Waals surface area (Å²) in [6.07, 6.45) is 8.17. The highest BCUT2D eigenvalue weighted by Crippen LogP contribution is 2.58. The number of hydrogen-bond acceptors (Lipinski definition) is 2. The molecule has 8 aromatic rings. The van der Waals surface area contributed by atoms with Gasteiger partial charge in [0.1, 0.15) is 11.5 Å². The van der Waals surface area contributed by atoms with Crippen LogP contribution in [0.1, 0.15) is 127 Å². The lowest BCUT2D eigenvalue weighted by Gasteiger charge is -2.36. The Bertz CT molecular complexity index is 3010. The minimum absolute atomic E-state index is 0.0165. The fourth-order valence-corrected chi connectivity index (χ4v) is 11.4. The smallest absolute Gasteiger partial charge is 0.127 e. The second kappa shape index (κ2) is 20.8. The molecular formula is C69H73NO. The van der Waals surface area contributed by atoms with E-state index in [1.165, 1.54) is 74.9 Å². The van der Waals surface area contributed by atoms with Crippen LogP contribution < -0.4 is 9.64 Å². The molecule has 8 aromatic carbocycles. The Kier molecular flexibility index (Phi) is 14.4. The molecular weight excluding hydrogens is 859 g/mol. The Morgan fingerprint density at radius 1 is 0.563 bits per heavy atom. The lowest BCUT2D eigenvalue weighted by molar-refractivity contribution is 0.225. The molecule has 9 rings (SSSR count). The number of rotatable bonds is 17. The van der Waals surface area contributed by atoms with Gasteiger partial charge in [0.25, 0.3) is 0 Å². The first-order valence-corrected chi connectivity index (χ1v) is 26.1. The molecule has 0 aliphatic heterocycles. The summed E-state index contributed by atoms with van der Waals surface area (Å²) >= 11 is 0. The zero-order chi connectivity index (χ0) is 49.8. The van der Waals surface area contributed by atoms with E-state index in [9.17, 15) is 0 Å². The zero-order valence-corrected chi connectivity index (χ0v) is 43.5. The molecule has 1 aliphatic carbocycles. The summed E-state index contributed by atoms with van der Waals surface area (Å²) in [7, 11) is 0. The molecule has 2 heteroatoms. The molecule has 360 valence electrons. The molecule has 2 unspecified atom stereocenters. The van der Waals surface area contributed by atoms with Gasteiger partial charge in [-0.05, 0) is 164 Å². The summed E-state index contributed by atoms with van der Waals surface area (Å²) in [5, 5.41) is 0. The summed E-state index contributed by atoms with van der Waals surface area (Å²) < 4.78 is 6.71. The number of anilines is 3. The van der Waals surface area contributed by atoms with Crippen LogP contribution in [0.15, 0.2) is 213 Å². The highest BCUT2D eigenvalue weighted by Gasteiger charge is 2.46. The number of fused-ring (bicyclic) bond motifs is 3. The number of benzene rings is 8. The van der Waals surface area contributed by atoms with E-state index in [2.05, 4.69) is 273 Å². The first kappa shape index (κ1) is 49.1. The maximum absolute atomic E-state index is 6.71. The van der Waals surface area contributed by atoms with Crippen molar-refractivity contribution in [1.82, 2.24) is 0 Å². The number of allylic oxidation sites excluding steroid dienone is 1. The highest BCUT2D eigenvalue weighted by molar-refractivity contribution is 5.89. The second-order valence-electron chi connectivity index (χ2n) is 22.2. The Hall–Kier alpha value is -6.90. The van der Waals surface area contributed by atoms with Gasteiger partial charge < -0.3 is 9.64 Å². The maximum atomic E-state index is 6.71. The van der Waals surface area contributed by atoms with Gasteiger partial charge in [-0.25, -0.2) is 0 Å². The van der Waals surface area contributed by atoms with Gasteiger partial charge in [0.2, 0.25) is 0 Å². The third kappa shape index (κ3) is 10.2. The van der Waals surface area contributed by atoms with E-state index >= 15 is 0 Å². The van der Waals surface area contributed by atoms with Gasteiger partial charge in [0.15, 0.2) is 0 Å². The Morgan fingerprint density at radius 2 is 1.10 bits per heavy atom. The lowest BCUT2D eigenvalue weighted by Crippen LogP contribution is -2.29. The predicted octanol–water partition coefficient (Wildman–Crippen LogP) is 19.8. The zero-order valence-electron chi connectivity index (χ0n) is 43.5. The fourth-order valence-electron chi connectivity index (χ4n) is 11.4. The van der Waals surface area contributed by atoms with Crippen molar-refractivity contribution in [1.29, 1.82) is 0 Å². The van der Waals surface area contributed by atoms with E-state index < -0.39 is 5.41 Å². The number of para-hydroxylation sites is 1. The topological polar surface area (TPSA) is 12.5 Å². The Labute approximate surface area is 426 Å². The second-order valence-corrected chi connectivity index (χ2v) is 22.2. The highest BCUT2D eigenvalue weighted by atomic mass is 16.5. The van der Waals surface area contributed by atoms with Crippen LogP contribution in [0.4, 0.5) is 17.1 Å². The predicted molar refractivity (Wildman–Crippen MR) is 303 cm³/mol. The Morgan fingerprint density at radius 3 is 1.70 bits per heavy atom. The van der Waals surface area contributed by atoms with Crippen LogP contribution in [0, 0.1) is 17.3 Å². The summed E-state index contributed by atoms with van der Waals surface area (Å²) in [6.45, 7) is 22.9. The maximum Gasteiger partial charge on any atom is 0.127 e. The van der Waals surface area contributed by atoms with Crippen LogP contribution in [0.3, 0.4) is 0 Å². The first-order chi connectivity index (χ1) is 34.3. The van der Waals surface area contributed by atoms with Gasteiger partial charge in [-0.1, -0.05) is 214 Å². The number of ether oxygens (including phenoxy) is 1. The van der Waals surface area contributed by atoms with Crippen molar-refractivity contribution in [2.75, 3.05) is 4.90 Å². The normalized spacial score (nSPS) is 15.5. The molecule has 0 bridgehead atoms. The first-order valence-electron chi connectivity index (χ1n) is 26.1. The molecule has 0 saturated heterocycles. The minimum atomic E-state index is -0.613. The average molecular weight is 932 g/mol. The standard InChI is InChI=1S/C69H73NO/c1-10-12-22-50(21-11-2)49(3)47-65(68(7,8)9)53-31-42-60(43-32-53)71-61-44-37-56(38-45-61)69(55-35-33-54(34-36-55)67(4,5)6)64-28-20-19-27-62(64)63-46-41-59(48-66(63)69)70(57-25-17-14-18-26-57)58-39-29-52(30-40-58)51-23-15-13-16-24-51/h11,13-20,23-46,48-50,65H,2,10,12,21-22,47H2,1,3-9H3/t49-,50+,65?,69?/m0/s1. The van der Waals surface area contributed by atoms with Crippen molar-refractivity contribution in [2.45, 2.75) is 104 Å². The van der Waals surface area contributed by atoms with Gasteiger partial charge in [0, 0.05) is 17.1 Å². The Balaban J connectivity index is 1.10. The number of hydrogen-bond donors (Lipinski definition) is 0. The quantitative estimate of drug-likeness (QED) is 0.0844. The van der Waals surface area contributed by atoms with Crippen molar-refractivity contribution in [3.8, 4) is 33.8 Å². The monoisotopic (exact) mass is 932 g/mol. The van der Waals surface area contributed by atoms with Crippen LogP contribution in [0.2, 0.25) is 0 Å². The van der Waals surface area contributed by atoms with E-state index in [0.717, 1.165) is 41.4 Å². The summed E-state index contributed by atoms with van der Waals surface area (Å²) in [5.74, 6) is 3.39.